The van der Waals surface area contributed by atoms with E-state index < -0.39 is 8.07 Å². The van der Waals surface area contributed by atoms with Crippen molar-refractivity contribution in [1.82, 2.24) is 14.5 Å². The molecule has 0 unspecified atom stereocenters. The van der Waals surface area contributed by atoms with E-state index in [0.29, 0.717) is 23.1 Å². The minimum Gasteiger partial charge on any atom is -0.333 e. The van der Waals surface area contributed by atoms with E-state index in [-0.39, 0.29) is 43.6 Å². The average molecular weight is 967 g/mol. The normalized spacial score (nSPS) is 13.5. The third-order valence-electron chi connectivity index (χ3n) is 11.5. The molecule has 1 aliphatic carbocycles. The Balaban J connectivity index is 0.000000244. The van der Waals surface area contributed by atoms with Gasteiger partial charge in [0.2, 0.25) is 0 Å². The van der Waals surface area contributed by atoms with Crippen LogP contribution in [0.1, 0.15) is 79.7 Å². The first-order chi connectivity index (χ1) is 29.0. The van der Waals surface area contributed by atoms with Crippen molar-refractivity contribution in [2.24, 2.45) is 0 Å². The van der Waals surface area contributed by atoms with Crippen LogP contribution < -0.4 is 5.19 Å². The third kappa shape index (κ3) is 8.09. The summed E-state index contributed by atoms with van der Waals surface area (Å²) in [5.74, 6) is 1.70. The fraction of sp³-hybridized carbons (Fsp3) is 0.222. The minimum atomic E-state index is -1.36. The van der Waals surface area contributed by atoms with E-state index in [1.807, 2.05) is 12.3 Å². The largest absolute Gasteiger partial charge is 0.333 e. The predicted molar refractivity (Wildman–Crippen MR) is 248 cm³/mol. The van der Waals surface area contributed by atoms with E-state index in [1.165, 1.54) is 61.4 Å². The summed E-state index contributed by atoms with van der Waals surface area (Å²) in [6.07, 6.45) is 1.87. The number of imidazole rings is 1. The average Bonchev–Trinajstić information content (AvgIpc) is 3.74. The van der Waals surface area contributed by atoms with Gasteiger partial charge in [0.1, 0.15) is 0 Å². The van der Waals surface area contributed by atoms with E-state index in [4.69, 9.17) is 9.10 Å². The molecule has 1 aliphatic rings. The van der Waals surface area contributed by atoms with Crippen molar-refractivity contribution < 1.29 is 24.2 Å². The second-order valence-corrected chi connectivity index (χ2v) is 22.6. The second kappa shape index (κ2) is 16.8. The summed E-state index contributed by atoms with van der Waals surface area (Å²) in [5.41, 5.74) is 16.0. The molecule has 2 aromatic heterocycles. The van der Waals surface area contributed by atoms with Gasteiger partial charge in [-0.2, -0.15) is 0 Å². The molecule has 0 spiro atoms. The summed E-state index contributed by atoms with van der Waals surface area (Å²) in [7, 11) is -1.36. The molecule has 0 bridgehead atoms. The maximum absolute atomic E-state index is 7.64. The van der Waals surface area contributed by atoms with Crippen LogP contribution in [0.5, 0.6) is 0 Å². The topological polar surface area (TPSA) is 30.7 Å². The molecule has 3 nitrogen and oxygen atoms in total. The van der Waals surface area contributed by atoms with Crippen LogP contribution in [-0.4, -0.2) is 22.6 Å². The summed E-state index contributed by atoms with van der Waals surface area (Å²) in [6.45, 7) is 20.6. The van der Waals surface area contributed by atoms with Crippen LogP contribution in [0.25, 0.3) is 61.6 Å². The molecule has 8 aromatic rings. The summed E-state index contributed by atoms with van der Waals surface area (Å²) in [5, 5.41) is 1.27. The van der Waals surface area contributed by atoms with Crippen LogP contribution in [0, 0.1) is 12.1 Å². The van der Waals surface area contributed by atoms with Crippen LogP contribution in [0.4, 0.5) is 0 Å². The molecule has 0 atom stereocenters. The number of benzene rings is 6. The van der Waals surface area contributed by atoms with Crippen molar-refractivity contribution in [2.75, 3.05) is 0 Å². The van der Waals surface area contributed by atoms with Crippen molar-refractivity contribution in [3.05, 3.63) is 180 Å². The van der Waals surface area contributed by atoms with Gasteiger partial charge in [-0.3, -0.25) is 4.98 Å². The summed E-state index contributed by atoms with van der Waals surface area (Å²) < 4.78 is 25.2. The first-order valence-electron chi connectivity index (χ1n) is 21.9. The first-order valence-corrected chi connectivity index (χ1v) is 23.9. The zero-order chi connectivity index (χ0) is 43.4. The monoisotopic (exact) mass is 967 g/mol. The smallest absolute Gasteiger partial charge is 0.0795 e. The molecule has 0 amide bonds. The third-order valence-corrected chi connectivity index (χ3v) is 13.6. The molecule has 0 saturated carbocycles. The Hall–Kier alpha value is -5.19. The Morgan fingerprint density at radius 1 is 0.678 bits per heavy atom. The van der Waals surface area contributed by atoms with Crippen LogP contribution in [-0.2, 0) is 25.5 Å². The van der Waals surface area contributed by atoms with Crippen molar-refractivity contribution in [3.8, 4) is 50.6 Å². The molecule has 1 radical (unpaired) electrons. The number of pyridine rings is 1. The molecule has 0 saturated heterocycles. The van der Waals surface area contributed by atoms with E-state index >= 15 is 0 Å². The van der Waals surface area contributed by atoms with Gasteiger partial charge in [-0.05, 0) is 81.1 Å². The second-order valence-electron chi connectivity index (χ2n) is 17.5. The van der Waals surface area contributed by atoms with Gasteiger partial charge in [0.25, 0.3) is 0 Å². The predicted octanol–water partition coefficient (Wildman–Crippen LogP) is 13.8. The number of aromatic nitrogens is 3. The van der Waals surface area contributed by atoms with Crippen molar-refractivity contribution in [1.29, 1.82) is 0 Å². The number of rotatable bonds is 7. The zero-order valence-electron chi connectivity index (χ0n) is 38.5. The number of hydrogen-bond acceptors (Lipinski definition) is 2. The van der Waals surface area contributed by atoms with Gasteiger partial charge in [-0.25, -0.2) is 0 Å². The number of nitrogens with zero attached hydrogens (tertiary/aromatic N) is 3. The summed E-state index contributed by atoms with van der Waals surface area (Å²) >= 11 is 0. The van der Waals surface area contributed by atoms with Gasteiger partial charge in [0, 0.05) is 34.7 Å². The van der Waals surface area contributed by atoms with Gasteiger partial charge < -0.3 is 9.55 Å². The van der Waals surface area contributed by atoms with Crippen LogP contribution in [0.2, 0.25) is 19.6 Å². The van der Waals surface area contributed by atoms with Gasteiger partial charge >= 0.3 is 0 Å². The van der Waals surface area contributed by atoms with Crippen LogP contribution in [0.3, 0.4) is 0 Å². The van der Waals surface area contributed by atoms with E-state index in [1.54, 1.807) is 0 Å². The quantitative estimate of drug-likeness (QED) is 0.118. The maximum Gasteiger partial charge on any atom is 0.0795 e. The molecule has 299 valence electrons. The molecule has 5 heteroatoms. The molecule has 0 N–H and O–H groups in total. The van der Waals surface area contributed by atoms with Gasteiger partial charge in [-0.1, -0.05) is 152 Å². The van der Waals surface area contributed by atoms with E-state index in [2.05, 4.69) is 192 Å². The van der Waals surface area contributed by atoms with Gasteiger partial charge in [-0.15, -0.1) is 65.1 Å². The molecular formula is C54H53IrN3Si-2. The number of hydrogen-bond donors (Lipinski definition) is 0. The molecule has 59 heavy (non-hydrogen) atoms. The summed E-state index contributed by atoms with van der Waals surface area (Å²) in [4.78, 5) is 9.68. The fourth-order valence-electron chi connectivity index (χ4n) is 8.24. The van der Waals surface area contributed by atoms with Gasteiger partial charge in [0.15, 0.2) is 0 Å². The summed E-state index contributed by atoms with van der Waals surface area (Å²) in [6, 6.07) is 49.4. The Bertz CT molecular complexity index is 2860. The Labute approximate surface area is 370 Å². The van der Waals surface area contributed by atoms with Crippen LogP contribution in [0.15, 0.2) is 146 Å². The molecule has 9 rings (SSSR count). The maximum atomic E-state index is 7.64. The Morgan fingerprint density at radius 2 is 1.37 bits per heavy atom. The van der Waals surface area contributed by atoms with E-state index in [9.17, 15) is 0 Å². The van der Waals surface area contributed by atoms with Crippen LogP contribution >= 0.6 is 0 Å². The fourth-order valence-corrected chi connectivity index (χ4v) is 9.28. The molecule has 0 aliphatic heterocycles. The Kier molecular flexibility index (Phi) is 10.8. The number of para-hydroxylation sites is 3. The molecular weight excluding hydrogens is 911 g/mol. The van der Waals surface area contributed by atoms with Gasteiger partial charge in [0.05, 0.1) is 24.9 Å². The van der Waals surface area contributed by atoms with Crippen molar-refractivity contribution in [3.63, 3.8) is 0 Å². The van der Waals surface area contributed by atoms with Crippen molar-refractivity contribution in [2.45, 2.75) is 78.4 Å². The first kappa shape index (κ1) is 38.0. The van der Waals surface area contributed by atoms with E-state index in [0.717, 1.165) is 22.4 Å². The molecule has 6 aromatic carbocycles. The van der Waals surface area contributed by atoms with Crippen molar-refractivity contribution >= 4 is 24.3 Å². The Morgan fingerprint density at radius 3 is 2.03 bits per heavy atom. The molecule has 0 fully saturated rings. The molecule has 2 heterocycles. The standard InChI is InChI=1S/C40H37N2.C14H16NSi.Ir/c1-25(2)30-15-12-16-31(26(3)4)38(30)42-37-18-11-10-17-36(37)41-39(42)29-20-22-35-33(24-29)32-23-28(27-13-8-7-9-14-27)19-21-34(32)40(35,5)6;1-16(2,3)13-9-10-14(15-11-13)12-7-5-4-6-8-12;/h7-19,21-26H,1-6H3;4-7,9-11H,1-3H3;/q2*-1;/i;4D,5D,6D;. The zero-order valence-corrected chi connectivity index (χ0v) is 38.8. The minimum absolute atomic E-state index is 0. The number of fused-ring (bicyclic) bond motifs is 4. The SMILES string of the molecule is CC(C)c1cccc(C(C)C)c1-n1c(-c2[c-]cc3c(c2)-c2cc(-c4ccccc4)ccc2C3(C)C)nc2ccccc21.[2H]c1[c-]c(-c2ccc([Si](C)(C)C)cn2)cc([2H])c1[2H].[Ir].